The molecule has 0 spiro atoms. The Bertz CT molecular complexity index is 632. The summed E-state index contributed by atoms with van der Waals surface area (Å²) in [6.45, 7) is 2.13. The Labute approximate surface area is 160 Å². The molecule has 0 aliphatic heterocycles. The molecular weight excluding hydrogens is 480 g/mol. The molecule has 0 unspecified atom stereocenters. The molecule has 140 valence electrons. The van der Waals surface area contributed by atoms with Gasteiger partial charge in [-0.25, -0.2) is 13.4 Å². The minimum absolute atomic E-state index is 0. The number of hydrogen-bond acceptors (Lipinski definition) is 5. The fourth-order valence-corrected chi connectivity index (χ4v) is 3.04. The zero-order chi connectivity index (χ0) is 17.5. The Balaban J connectivity index is 0.00000529. The number of nitrogens with zero attached hydrogens (tertiary/aromatic N) is 2. The zero-order valence-corrected chi connectivity index (χ0v) is 17.1. The maximum absolute atomic E-state index is 12.4. The Kier molecular flexibility index (Phi) is 10.1. The van der Waals surface area contributed by atoms with Gasteiger partial charge < -0.3 is 10.6 Å². The number of halogens is 4. The normalized spacial score (nSPS) is 12.6. The lowest BCUT2D eigenvalue weighted by atomic mass is 10.4. The lowest BCUT2D eigenvalue weighted by Gasteiger charge is -2.11. The summed E-state index contributed by atoms with van der Waals surface area (Å²) in [5.41, 5.74) is -0.884. The maximum atomic E-state index is 12.4. The molecule has 0 fully saturated rings. The first-order valence-corrected chi connectivity index (χ1v) is 9.54. The minimum Gasteiger partial charge on any atom is -0.356 e. The van der Waals surface area contributed by atoms with Gasteiger partial charge in [-0.05, 0) is 0 Å². The Morgan fingerprint density at radius 1 is 1.33 bits per heavy atom. The highest BCUT2D eigenvalue weighted by molar-refractivity contribution is 14.0. The minimum atomic E-state index is -4.43. The van der Waals surface area contributed by atoms with Gasteiger partial charge in [-0.1, -0.05) is 6.92 Å². The highest BCUT2D eigenvalue weighted by Gasteiger charge is 2.33. The van der Waals surface area contributed by atoms with Crippen molar-refractivity contribution in [2.75, 3.05) is 31.6 Å². The van der Waals surface area contributed by atoms with Gasteiger partial charge in [-0.15, -0.1) is 35.3 Å². The van der Waals surface area contributed by atoms with Crippen molar-refractivity contribution < 1.29 is 21.6 Å². The van der Waals surface area contributed by atoms with E-state index in [0.29, 0.717) is 23.9 Å². The van der Waals surface area contributed by atoms with E-state index in [1.54, 1.807) is 6.92 Å². The highest BCUT2D eigenvalue weighted by atomic mass is 127. The van der Waals surface area contributed by atoms with Crippen LogP contribution in [0.25, 0.3) is 0 Å². The second kappa shape index (κ2) is 10.4. The molecule has 2 N–H and O–H groups in total. The third-order valence-corrected chi connectivity index (χ3v) is 5.46. The van der Waals surface area contributed by atoms with Crippen molar-refractivity contribution in [3.8, 4) is 0 Å². The van der Waals surface area contributed by atoms with E-state index in [2.05, 4.69) is 20.6 Å². The highest BCUT2D eigenvalue weighted by Crippen LogP contribution is 2.29. The summed E-state index contributed by atoms with van der Waals surface area (Å²) in [5.74, 6) is 0.460. The number of rotatable bonds is 7. The lowest BCUT2D eigenvalue weighted by molar-refractivity contribution is -0.140. The Morgan fingerprint density at radius 2 is 1.96 bits per heavy atom. The third-order valence-electron chi connectivity index (χ3n) is 2.84. The molecule has 0 radical (unpaired) electrons. The van der Waals surface area contributed by atoms with Crippen LogP contribution in [0.3, 0.4) is 0 Å². The molecule has 1 heterocycles. The van der Waals surface area contributed by atoms with Crippen LogP contribution in [0.4, 0.5) is 13.2 Å². The number of sulfone groups is 1. The van der Waals surface area contributed by atoms with E-state index in [1.807, 2.05) is 0 Å². The summed E-state index contributed by atoms with van der Waals surface area (Å²) in [6.07, 6.45) is -4.11. The molecular formula is C12H20F3IN4O2S2. The van der Waals surface area contributed by atoms with Gasteiger partial charge in [0.15, 0.2) is 21.5 Å². The van der Waals surface area contributed by atoms with Gasteiger partial charge in [0, 0.05) is 37.7 Å². The Hall–Kier alpha value is -0.630. The van der Waals surface area contributed by atoms with Crippen molar-refractivity contribution in [2.45, 2.75) is 19.5 Å². The standard InChI is InChI=1S/C12H19F3N4O2S2.HI/c1-3-23(20,21)7-6-18-11(16-2)17-5-4-10-19-9(8-22-10)12(13,14)15;/h8H,3-7H2,1-2H3,(H2,16,17,18);1H. The first kappa shape index (κ1) is 23.4. The molecule has 0 saturated carbocycles. The van der Waals surface area contributed by atoms with Crippen LogP contribution in [0.15, 0.2) is 10.4 Å². The molecule has 24 heavy (non-hydrogen) atoms. The SMILES string of the molecule is CCS(=O)(=O)CCNC(=NC)NCCc1nc(C(F)(F)F)cs1.I. The van der Waals surface area contributed by atoms with Crippen LogP contribution in [-0.2, 0) is 22.4 Å². The van der Waals surface area contributed by atoms with Crippen LogP contribution < -0.4 is 10.6 Å². The molecule has 0 bridgehead atoms. The number of hydrogen-bond donors (Lipinski definition) is 2. The van der Waals surface area contributed by atoms with E-state index in [0.717, 1.165) is 16.7 Å². The molecule has 0 aliphatic carbocycles. The van der Waals surface area contributed by atoms with E-state index < -0.39 is 21.7 Å². The van der Waals surface area contributed by atoms with Crippen molar-refractivity contribution >= 4 is 51.1 Å². The summed E-state index contributed by atoms with van der Waals surface area (Å²) in [7, 11) is -1.54. The van der Waals surface area contributed by atoms with Crippen LogP contribution in [0.2, 0.25) is 0 Å². The van der Waals surface area contributed by atoms with Crippen LogP contribution in [0.5, 0.6) is 0 Å². The van der Waals surface area contributed by atoms with E-state index in [-0.39, 0.29) is 42.0 Å². The van der Waals surface area contributed by atoms with Crippen molar-refractivity contribution in [3.63, 3.8) is 0 Å². The van der Waals surface area contributed by atoms with E-state index in [9.17, 15) is 21.6 Å². The number of guanidine groups is 1. The van der Waals surface area contributed by atoms with Gasteiger partial charge in [-0.2, -0.15) is 13.2 Å². The van der Waals surface area contributed by atoms with E-state index in [1.165, 1.54) is 7.05 Å². The quantitative estimate of drug-likeness (QED) is 0.340. The second-order valence-electron chi connectivity index (χ2n) is 4.54. The van der Waals surface area contributed by atoms with Crippen LogP contribution in [-0.4, -0.2) is 51.0 Å². The van der Waals surface area contributed by atoms with Crippen LogP contribution in [0, 0.1) is 0 Å². The first-order valence-electron chi connectivity index (χ1n) is 6.84. The zero-order valence-electron chi connectivity index (χ0n) is 13.2. The largest absolute Gasteiger partial charge is 0.434 e. The monoisotopic (exact) mass is 500 g/mol. The lowest BCUT2D eigenvalue weighted by Crippen LogP contribution is -2.40. The van der Waals surface area contributed by atoms with Crippen molar-refractivity contribution in [2.24, 2.45) is 4.99 Å². The van der Waals surface area contributed by atoms with Crippen molar-refractivity contribution in [3.05, 3.63) is 16.1 Å². The molecule has 0 atom stereocenters. The van der Waals surface area contributed by atoms with Crippen LogP contribution >= 0.6 is 35.3 Å². The summed E-state index contributed by atoms with van der Waals surface area (Å²) >= 11 is 0.949. The Morgan fingerprint density at radius 3 is 2.46 bits per heavy atom. The summed E-state index contributed by atoms with van der Waals surface area (Å²) < 4.78 is 60.0. The predicted molar refractivity (Wildman–Crippen MR) is 99.9 cm³/mol. The van der Waals surface area contributed by atoms with Gasteiger partial charge >= 0.3 is 6.18 Å². The molecule has 12 heteroatoms. The number of alkyl halides is 3. The second-order valence-corrected chi connectivity index (χ2v) is 7.95. The summed E-state index contributed by atoms with van der Waals surface area (Å²) in [6, 6.07) is 0. The summed E-state index contributed by atoms with van der Waals surface area (Å²) in [5, 5.41) is 7.09. The molecule has 0 amide bonds. The van der Waals surface area contributed by atoms with Gasteiger partial charge in [0.2, 0.25) is 0 Å². The van der Waals surface area contributed by atoms with Gasteiger partial charge in [0.25, 0.3) is 0 Å². The number of thiazole rings is 1. The van der Waals surface area contributed by atoms with E-state index >= 15 is 0 Å². The van der Waals surface area contributed by atoms with Gasteiger partial charge in [-0.3, -0.25) is 4.99 Å². The molecule has 1 aromatic rings. The first-order chi connectivity index (χ1) is 10.7. The fraction of sp³-hybridized carbons (Fsp3) is 0.667. The van der Waals surface area contributed by atoms with Gasteiger partial charge in [0.1, 0.15) is 0 Å². The molecule has 0 aromatic carbocycles. The molecule has 1 aromatic heterocycles. The van der Waals surface area contributed by atoms with Crippen molar-refractivity contribution in [1.82, 2.24) is 15.6 Å². The average Bonchev–Trinajstić information content (AvgIpc) is 2.94. The maximum Gasteiger partial charge on any atom is 0.434 e. The number of aromatic nitrogens is 1. The topological polar surface area (TPSA) is 83.5 Å². The van der Waals surface area contributed by atoms with E-state index in [4.69, 9.17) is 0 Å². The number of nitrogens with one attached hydrogen (secondary N) is 2. The fourth-order valence-electron chi connectivity index (χ4n) is 1.53. The summed E-state index contributed by atoms with van der Waals surface area (Å²) in [4.78, 5) is 7.44. The van der Waals surface area contributed by atoms with Crippen LogP contribution in [0.1, 0.15) is 17.6 Å². The van der Waals surface area contributed by atoms with Crippen molar-refractivity contribution in [1.29, 1.82) is 0 Å². The molecule has 0 saturated heterocycles. The number of aliphatic imine (C=N–C) groups is 1. The van der Waals surface area contributed by atoms with Gasteiger partial charge in [0.05, 0.1) is 10.8 Å². The molecule has 6 nitrogen and oxygen atoms in total. The molecule has 0 aliphatic rings. The smallest absolute Gasteiger partial charge is 0.356 e. The third kappa shape index (κ3) is 8.46. The average molecular weight is 500 g/mol. The predicted octanol–water partition coefficient (Wildman–Crippen LogP) is 1.92. The molecule has 1 rings (SSSR count).